The highest BCUT2D eigenvalue weighted by molar-refractivity contribution is 4.81. The second-order valence-corrected chi connectivity index (χ2v) is 6.46. The van der Waals surface area contributed by atoms with Crippen LogP contribution in [-0.4, -0.2) is 60.8 Å². The van der Waals surface area contributed by atoms with Gasteiger partial charge in [0.2, 0.25) is 0 Å². The molecule has 2 atom stereocenters. The molecule has 0 bridgehead atoms. The molecule has 0 aromatic carbocycles. The molecule has 1 saturated carbocycles. The summed E-state index contributed by atoms with van der Waals surface area (Å²) in [5, 5.41) is 10.2. The van der Waals surface area contributed by atoms with E-state index < -0.39 is 0 Å². The van der Waals surface area contributed by atoms with Crippen LogP contribution >= 0.6 is 0 Å². The molecule has 0 radical (unpaired) electrons. The molecule has 1 saturated heterocycles. The monoisotopic (exact) mass is 254 g/mol. The molecule has 0 amide bonds. The van der Waals surface area contributed by atoms with Gasteiger partial charge in [0.05, 0.1) is 6.10 Å². The third kappa shape index (κ3) is 3.94. The molecule has 3 nitrogen and oxygen atoms in total. The Balaban J connectivity index is 1.76. The van der Waals surface area contributed by atoms with Crippen LogP contribution in [0.3, 0.4) is 0 Å². The maximum Gasteiger partial charge on any atom is 0.0580 e. The molecule has 2 fully saturated rings. The van der Waals surface area contributed by atoms with Crippen molar-refractivity contribution >= 4 is 0 Å². The minimum Gasteiger partial charge on any atom is -0.393 e. The van der Waals surface area contributed by atoms with Gasteiger partial charge in [-0.15, -0.1) is 0 Å². The molecule has 1 heterocycles. The summed E-state index contributed by atoms with van der Waals surface area (Å²) in [7, 11) is 4.38. The summed E-state index contributed by atoms with van der Waals surface area (Å²) in [5.74, 6) is 0.531. The smallest absolute Gasteiger partial charge is 0.0580 e. The van der Waals surface area contributed by atoms with Crippen LogP contribution in [0.4, 0.5) is 0 Å². The first-order chi connectivity index (χ1) is 8.66. The Labute approximate surface area is 112 Å². The van der Waals surface area contributed by atoms with E-state index in [-0.39, 0.29) is 6.10 Å². The fraction of sp³-hybridized carbons (Fsp3) is 1.00. The van der Waals surface area contributed by atoms with Crippen LogP contribution in [0, 0.1) is 5.92 Å². The van der Waals surface area contributed by atoms with Crippen LogP contribution in [0.5, 0.6) is 0 Å². The van der Waals surface area contributed by atoms with Gasteiger partial charge in [0, 0.05) is 12.6 Å². The Morgan fingerprint density at radius 1 is 1.00 bits per heavy atom. The fourth-order valence-corrected chi connectivity index (χ4v) is 3.53. The van der Waals surface area contributed by atoms with E-state index in [4.69, 9.17) is 0 Å². The predicted octanol–water partition coefficient (Wildman–Crippen LogP) is 1.95. The van der Waals surface area contributed by atoms with Crippen molar-refractivity contribution in [3.05, 3.63) is 0 Å². The van der Waals surface area contributed by atoms with E-state index in [0.29, 0.717) is 5.92 Å². The van der Waals surface area contributed by atoms with Gasteiger partial charge in [0.1, 0.15) is 0 Å². The molecule has 18 heavy (non-hydrogen) atoms. The van der Waals surface area contributed by atoms with E-state index in [1.807, 2.05) is 0 Å². The highest BCUT2D eigenvalue weighted by atomic mass is 16.3. The van der Waals surface area contributed by atoms with E-state index in [0.717, 1.165) is 19.0 Å². The summed E-state index contributed by atoms with van der Waals surface area (Å²) < 4.78 is 0. The molecule has 1 N–H and O–H groups in total. The van der Waals surface area contributed by atoms with Gasteiger partial charge in [-0.1, -0.05) is 19.3 Å². The number of rotatable bonds is 3. The van der Waals surface area contributed by atoms with Gasteiger partial charge in [-0.2, -0.15) is 0 Å². The molecule has 2 rings (SSSR count). The number of nitrogens with zero attached hydrogens (tertiary/aromatic N) is 2. The molecule has 2 aliphatic rings. The lowest BCUT2D eigenvalue weighted by atomic mass is 9.95. The molecule has 2 unspecified atom stereocenters. The first-order valence-corrected chi connectivity index (χ1v) is 7.73. The van der Waals surface area contributed by atoms with E-state index in [1.165, 1.54) is 51.6 Å². The number of aliphatic hydroxyl groups excluding tert-OH is 1. The average Bonchev–Trinajstić information content (AvgIpc) is 2.56. The van der Waals surface area contributed by atoms with Gasteiger partial charge in [0.15, 0.2) is 0 Å². The van der Waals surface area contributed by atoms with Crippen LogP contribution in [-0.2, 0) is 0 Å². The van der Waals surface area contributed by atoms with Crippen molar-refractivity contribution in [2.24, 2.45) is 5.92 Å². The predicted molar refractivity (Wildman–Crippen MR) is 75.7 cm³/mol. The number of likely N-dealkylation sites (tertiary alicyclic amines) is 1. The van der Waals surface area contributed by atoms with Crippen molar-refractivity contribution in [2.45, 2.75) is 57.1 Å². The number of aliphatic hydroxyl groups is 1. The minimum absolute atomic E-state index is 0.0425. The summed E-state index contributed by atoms with van der Waals surface area (Å²) in [6.07, 6.45) is 8.64. The van der Waals surface area contributed by atoms with Crippen molar-refractivity contribution < 1.29 is 5.11 Å². The third-order valence-corrected chi connectivity index (χ3v) is 4.90. The van der Waals surface area contributed by atoms with Crippen molar-refractivity contribution in [3.63, 3.8) is 0 Å². The van der Waals surface area contributed by atoms with Gasteiger partial charge in [-0.3, -0.25) is 0 Å². The zero-order valence-corrected chi connectivity index (χ0v) is 12.1. The molecule has 3 heteroatoms. The highest BCUT2D eigenvalue weighted by Gasteiger charge is 2.26. The second-order valence-electron chi connectivity index (χ2n) is 6.46. The summed E-state index contributed by atoms with van der Waals surface area (Å²) in [4.78, 5) is 4.94. The lowest BCUT2D eigenvalue weighted by Gasteiger charge is -2.37. The van der Waals surface area contributed by atoms with Gasteiger partial charge < -0.3 is 14.9 Å². The van der Waals surface area contributed by atoms with Crippen molar-refractivity contribution in [3.8, 4) is 0 Å². The molecule has 1 aliphatic carbocycles. The fourth-order valence-electron chi connectivity index (χ4n) is 3.53. The summed E-state index contributed by atoms with van der Waals surface area (Å²) in [5.41, 5.74) is 0. The average molecular weight is 254 g/mol. The molecular formula is C15H30N2O. The first kappa shape index (κ1) is 14.3. The summed E-state index contributed by atoms with van der Waals surface area (Å²) in [6.45, 7) is 3.56. The van der Waals surface area contributed by atoms with E-state index >= 15 is 0 Å². The number of hydrogen-bond donors (Lipinski definition) is 1. The Bertz CT molecular complexity index is 237. The Morgan fingerprint density at radius 2 is 1.67 bits per heavy atom. The summed E-state index contributed by atoms with van der Waals surface area (Å²) >= 11 is 0. The number of hydrogen-bond acceptors (Lipinski definition) is 3. The zero-order valence-electron chi connectivity index (χ0n) is 12.1. The molecule has 0 aromatic rings. The van der Waals surface area contributed by atoms with Crippen LogP contribution in [0.25, 0.3) is 0 Å². The van der Waals surface area contributed by atoms with Gasteiger partial charge >= 0.3 is 0 Å². The topological polar surface area (TPSA) is 26.7 Å². The van der Waals surface area contributed by atoms with Crippen LogP contribution in [0.2, 0.25) is 0 Å². The Kier molecular flexibility index (Phi) is 5.46. The maximum absolute atomic E-state index is 10.2. The minimum atomic E-state index is -0.0425. The number of piperidine rings is 1. The lowest BCUT2D eigenvalue weighted by molar-refractivity contribution is 0.0581. The van der Waals surface area contributed by atoms with E-state index in [9.17, 15) is 5.11 Å². The normalized spacial score (nSPS) is 32.7. The molecule has 106 valence electrons. The first-order valence-electron chi connectivity index (χ1n) is 7.73. The highest BCUT2D eigenvalue weighted by Crippen LogP contribution is 2.25. The second kappa shape index (κ2) is 6.88. The molecule has 0 spiro atoms. The molecule has 1 aliphatic heterocycles. The van der Waals surface area contributed by atoms with Crippen molar-refractivity contribution in [2.75, 3.05) is 33.7 Å². The van der Waals surface area contributed by atoms with Gasteiger partial charge in [0.25, 0.3) is 0 Å². The van der Waals surface area contributed by atoms with Crippen molar-refractivity contribution in [1.29, 1.82) is 0 Å². The Hall–Kier alpha value is -0.120. The van der Waals surface area contributed by atoms with Crippen LogP contribution in [0.1, 0.15) is 44.9 Å². The van der Waals surface area contributed by atoms with Crippen LogP contribution < -0.4 is 0 Å². The third-order valence-electron chi connectivity index (χ3n) is 4.90. The standard InChI is InChI=1S/C15H30N2O/c1-16(2)14-8-10-17(11-9-14)12-13-6-4-3-5-7-15(13)18/h13-15,18H,3-12H2,1-2H3. The largest absolute Gasteiger partial charge is 0.393 e. The van der Waals surface area contributed by atoms with Crippen LogP contribution in [0.15, 0.2) is 0 Å². The molecular weight excluding hydrogens is 224 g/mol. The van der Waals surface area contributed by atoms with E-state index in [2.05, 4.69) is 23.9 Å². The lowest BCUT2D eigenvalue weighted by Crippen LogP contribution is -2.44. The SMILES string of the molecule is CN(C)C1CCN(CC2CCCCCC2O)CC1. The van der Waals surface area contributed by atoms with Gasteiger partial charge in [-0.05, 0) is 58.8 Å². The van der Waals surface area contributed by atoms with E-state index in [1.54, 1.807) is 0 Å². The summed E-state index contributed by atoms with van der Waals surface area (Å²) in [6, 6.07) is 0.764. The zero-order chi connectivity index (χ0) is 13.0. The molecule has 0 aromatic heterocycles. The Morgan fingerprint density at radius 3 is 2.33 bits per heavy atom. The maximum atomic E-state index is 10.2. The quantitative estimate of drug-likeness (QED) is 0.780. The van der Waals surface area contributed by atoms with Gasteiger partial charge in [-0.25, -0.2) is 0 Å². The van der Waals surface area contributed by atoms with Crippen molar-refractivity contribution in [1.82, 2.24) is 9.80 Å².